The van der Waals surface area contributed by atoms with Crippen LogP contribution in [0.1, 0.15) is 87.3 Å². The molecule has 3 aliphatic rings. The van der Waals surface area contributed by atoms with Gasteiger partial charge in [-0.25, -0.2) is 4.39 Å². The van der Waals surface area contributed by atoms with Gasteiger partial charge in [-0.1, -0.05) is 6.92 Å². The van der Waals surface area contributed by atoms with Crippen LogP contribution in [0.3, 0.4) is 0 Å². The topological polar surface area (TPSA) is 112 Å². The van der Waals surface area contributed by atoms with Gasteiger partial charge in [-0.3, -0.25) is 19.6 Å². The largest absolute Gasteiger partial charge is 0.401 e. The molecule has 2 heterocycles. The Labute approximate surface area is 254 Å². The zero-order valence-electron chi connectivity index (χ0n) is 25.3. The van der Waals surface area contributed by atoms with Crippen molar-refractivity contribution < 1.29 is 32.3 Å². The van der Waals surface area contributed by atoms with E-state index in [1.165, 1.54) is 25.3 Å². The summed E-state index contributed by atoms with van der Waals surface area (Å²) in [6.45, 7) is 5.26. The minimum absolute atomic E-state index is 0.0677. The Morgan fingerprint density at radius 2 is 1.70 bits per heavy atom. The Bertz CT molecular complexity index is 1320. The van der Waals surface area contributed by atoms with Gasteiger partial charge in [0.15, 0.2) is 0 Å². The number of anilines is 2. The quantitative estimate of drug-likeness (QED) is 0.186. The van der Waals surface area contributed by atoms with E-state index in [0.29, 0.717) is 41.9 Å². The van der Waals surface area contributed by atoms with Gasteiger partial charge in [0.1, 0.15) is 23.8 Å². The van der Waals surface area contributed by atoms with Gasteiger partial charge >= 0.3 is 6.18 Å². The Balaban J connectivity index is 1.42. The summed E-state index contributed by atoms with van der Waals surface area (Å²) in [7, 11) is 0. The maximum Gasteiger partial charge on any atom is 0.401 e. The summed E-state index contributed by atoms with van der Waals surface area (Å²) in [5.74, 6) is -2.07. The second kappa shape index (κ2) is 13.0. The molecule has 2 aliphatic carbocycles. The molecule has 242 valence electrons. The van der Waals surface area contributed by atoms with Gasteiger partial charge in [0.05, 0.1) is 12.2 Å². The van der Waals surface area contributed by atoms with Crippen LogP contribution in [0, 0.1) is 23.6 Å². The van der Waals surface area contributed by atoms with Crippen molar-refractivity contribution in [3.05, 3.63) is 41.5 Å². The highest BCUT2D eigenvalue weighted by molar-refractivity contribution is 6.01. The van der Waals surface area contributed by atoms with Crippen LogP contribution in [0.5, 0.6) is 0 Å². The van der Waals surface area contributed by atoms with E-state index in [4.69, 9.17) is 0 Å². The van der Waals surface area contributed by atoms with E-state index in [0.717, 1.165) is 38.5 Å². The van der Waals surface area contributed by atoms with Crippen LogP contribution in [-0.2, 0) is 4.79 Å². The van der Waals surface area contributed by atoms with Crippen molar-refractivity contribution in [2.75, 3.05) is 29.9 Å². The SMILES string of the molecule is CC(c1cc(F)c(NC(=O)[C@@H](NC(=O)c2ccnn2C(C)C)C(C2CC2)C2CC2)cc1N1CCCC1)C(O)NCC(F)(F)F. The number of aliphatic hydroxyl groups excluding tert-OH is 1. The Kier molecular flexibility index (Phi) is 9.55. The number of carbonyl (C=O) groups excluding carboxylic acids is 2. The molecule has 0 bridgehead atoms. The zero-order valence-corrected chi connectivity index (χ0v) is 25.3. The van der Waals surface area contributed by atoms with Crippen LogP contribution in [-0.4, -0.2) is 64.8 Å². The highest BCUT2D eigenvalue weighted by Crippen LogP contribution is 2.51. The van der Waals surface area contributed by atoms with Crippen molar-refractivity contribution in [2.24, 2.45) is 17.8 Å². The van der Waals surface area contributed by atoms with E-state index in [1.807, 2.05) is 18.7 Å². The van der Waals surface area contributed by atoms with Gasteiger partial charge in [-0.15, -0.1) is 0 Å². The van der Waals surface area contributed by atoms with Crippen molar-refractivity contribution in [3.8, 4) is 0 Å². The number of hydrogen-bond acceptors (Lipinski definition) is 6. The summed E-state index contributed by atoms with van der Waals surface area (Å²) in [5, 5.41) is 22.5. The number of benzene rings is 1. The summed E-state index contributed by atoms with van der Waals surface area (Å²) in [6, 6.07) is 3.33. The number of nitrogens with zero attached hydrogens (tertiary/aromatic N) is 3. The van der Waals surface area contributed by atoms with E-state index >= 15 is 4.39 Å². The predicted molar refractivity (Wildman–Crippen MR) is 158 cm³/mol. The Morgan fingerprint density at radius 1 is 1.07 bits per heavy atom. The van der Waals surface area contributed by atoms with Crippen molar-refractivity contribution >= 4 is 23.2 Å². The third-order valence-corrected chi connectivity index (χ3v) is 8.98. The maximum absolute atomic E-state index is 15.7. The van der Waals surface area contributed by atoms with Crippen LogP contribution in [0.4, 0.5) is 28.9 Å². The van der Waals surface area contributed by atoms with Crippen molar-refractivity contribution in [2.45, 2.75) is 89.7 Å². The molecule has 2 saturated carbocycles. The fourth-order valence-electron chi connectivity index (χ4n) is 6.40. The van der Waals surface area contributed by atoms with Crippen LogP contribution in [0.2, 0.25) is 0 Å². The van der Waals surface area contributed by atoms with Crippen molar-refractivity contribution in [3.63, 3.8) is 0 Å². The number of aromatic nitrogens is 2. The van der Waals surface area contributed by atoms with Gasteiger partial charge in [0.2, 0.25) is 5.91 Å². The number of rotatable bonds is 13. The molecule has 44 heavy (non-hydrogen) atoms. The van der Waals surface area contributed by atoms with Gasteiger partial charge in [0, 0.05) is 36.9 Å². The lowest BCUT2D eigenvalue weighted by Crippen LogP contribution is -2.50. The van der Waals surface area contributed by atoms with Crippen molar-refractivity contribution in [1.82, 2.24) is 20.4 Å². The number of hydrogen-bond donors (Lipinski definition) is 4. The van der Waals surface area contributed by atoms with E-state index < -0.39 is 48.5 Å². The van der Waals surface area contributed by atoms with Crippen LogP contribution in [0.25, 0.3) is 0 Å². The number of nitrogens with one attached hydrogen (secondary N) is 3. The molecule has 3 atom stereocenters. The molecule has 2 unspecified atom stereocenters. The smallest absolute Gasteiger partial charge is 0.378 e. The fourth-order valence-corrected chi connectivity index (χ4v) is 6.40. The molecule has 1 aromatic carbocycles. The van der Waals surface area contributed by atoms with Gasteiger partial charge in [-0.2, -0.15) is 18.3 Å². The molecule has 9 nitrogen and oxygen atoms in total. The summed E-state index contributed by atoms with van der Waals surface area (Å²) in [6.07, 6.45) is 1.08. The normalized spacial score (nSPS) is 19.4. The van der Waals surface area contributed by atoms with Gasteiger partial charge in [0.25, 0.3) is 5.91 Å². The second-order valence-electron chi connectivity index (χ2n) is 12.8. The monoisotopic (exact) mass is 622 g/mol. The summed E-state index contributed by atoms with van der Waals surface area (Å²) in [5.41, 5.74) is 1.14. The number of alkyl halides is 3. The first-order valence-electron chi connectivity index (χ1n) is 15.6. The third kappa shape index (κ3) is 7.53. The lowest BCUT2D eigenvalue weighted by atomic mass is 9.88. The van der Waals surface area contributed by atoms with E-state index in [1.54, 1.807) is 10.7 Å². The lowest BCUT2D eigenvalue weighted by molar-refractivity contribution is -0.131. The molecular formula is C31H42F4N6O3. The summed E-state index contributed by atoms with van der Waals surface area (Å²) < 4.78 is 55.6. The Morgan fingerprint density at radius 3 is 2.27 bits per heavy atom. The Hall–Kier alpha value is -3.19. The number of amides is 2. The van der Waals surface area contributed by atoms with E-state index in [-0.39, 0.29) is 17.6 Å². The second-order valence-corrected chi connectivity index (χ2v) is 12.8. The molecule has 1 saturated heterocycles. The molecule has 5 rings (SSSR count). The molecule has 0 spiro atoms. The van der Waals surface area contributed by atoms with Crippen molar-refractivity contribution in [1.29, 1.82) is 0 Å². The first kappa shape index (κ1) is 32.2. The molecule has 2 aromatic rings. The number of halogens is 4. The van der Waals surface area contributed by atoms with Crippen LogP contribution >= 0.6 is 0 Å². The van der Waals surface area contributed by atoms with Crippen LogP contribution in [0.15, 0.2) is 24.4 Å². The standard InChI is InChI=1S/C31H42F4N6O3/c1-17(2)41-24(10-11-37-41)29(43)39-27(26(19-6-7-19)20-8-9-20)30(44)38-23-15-25(40-12-4-5-13-40)21(14-22(23)32)18(3)28(42)36-16-31(33,34)35/h10-11,14-15,17-20,26-28,36,42H,4-9,12-13,16H2,1-3H3,(H,38,44)(H,39,43)/t18?,27-,28?/m0/s1. The summed E-state index contributed by atoms with van der Waals surface area (Å²) >= 11 is 0. The van der Waals surface area contributed by atoms with Crippen LogP contribution < -0.4 is 20.9 Å². The predicted octanol–water partition coefficient (Wildman–Crippen LogP) is 4.95. The average molecular weight is 623 g/mol. The first-order valence-corrected chi connectivity index (χ1v) is 15.6. The average Bonchev–Trinajstić information content (AvgIpc) is 3.87. The highest BCUT2D eigenvalue weighted by Gasteiger charge is 2.48. The number of aliphatic hydroxyl groups is 1. The molecule has 0 radical (unpaired) electrons. The molecule has 3 fully saturated rings. The molecular weight excluding hydrogens is 580 g/mol. The highest BCUT2D eigenvalue weighted by atomic mass is 19.4. The minimum atomic E-state index is -4.52. The van der Waals surface area contributed by atoms with Gasteiger partial charge < -0.3 is 20.6 Å². The molecule has 1 aliphatic heterocycles. The van der Waals surface area contributed by atoms with E-state index in [9.17, 15) is 27.9 Å². The summed E-state index contributed by atoms with van der Waals surface area (Å²) in [4.78, 5) is 29.4. The van der Waals surface area contributed by atoms with Gasteiger partial charge in [-0.05, 0) is 93.9 Å². The molecule has 4 N–H and O–H groups in total. The lowest BCUT2D eigenvalue weighted by Gasteiger charge is -2.30. The molecule has 1 aromatic heterocycles. The first-order chi connectivity index (χ1) is 20.8. The maximum atomic E-state index is 15.7. The minimum Gasteiger partial charge on any atom is -0.378 e. The third-order valence-electron chi connectivity index (χ3n) is 8.98. The van der Waals surface area contributed by atoms with E-state index in [2.05, 4.69) is 21.0 Å². The fraction of sp³-hybridized carbons (Fsp3) is 0.645. The zero-order chi connectivity index (χ0) is 31.8. The molecule has 13 heteroatoms. The molecule has 2 amide bonds. The number of carbonyl (C=O) groups is 2.